The lowest BCUT2D eigenvalue weighted by atomic mass is 10.1. The van der Waals surface area contributed by atoms with E-state index < -0.39 is 10.0 Å². The number of nitrogens with one attached hydrogen (secondary N) is 1. The number of primary sulfonamides is 1. The van der Waals surface area contributed by atoms with E-state index in [-0.39, 0.29) is 17.4 Å². The zero-order chi connectivity index (χ0) is 8.36. The molecule has 0 unspecified atom stereocenters. The molecule has 0 saturated carbocycles. The van der Waals surface area contributed by atoms with Crippen LogP contribution in [0.4, 0.5) is 0 Å². The van der Waals surface area contributed by atoms with E-state index in [4.69, 9.17) is 5.41 Å². The minimum absolute atomic E-state index is 0.158. The van der Waals surface area contributed by atoms with Crippen molar-refractivity contribution >= 4 is 15.1 Å². The van der Waals surface area contributed by atoms with Crippen LogP contribution in [-0.4, -0.2) is 13.5 Å². The summed E-state index contributed by atoms with van der Waals surface area (Å²) in [6, 6.07) is 0. The van der Waals surface area contributed by atoms with Gasteiger partial charge in [-0.2, -0.15) is 0 Å². The van der Waals surface area contributed by atoms with Gasteiger partial charge in [-0.3, -0.25) is 5.41 Å². The molecule has 60 valence electrons. The molecule has 0 aliphatic carbocycles. The van der Waals surface area contributed by atoms with Crippen molar-refractivity contribution < 1.29 is 8.42 Å². The van der Waals surface area contributed by atoms with Crippen LogP contribution >= 0.6 is 0 Å². The van der Waals surface area contributed by atoms with Crippen molar-refractivity contribution in [2.24, 2.45) is 11.1 Å². The molecule has 0 bridgehead atoms. The second-order valence-corrected chi connectivity index (χ2v) is 4.15. The molecule has 0 atom stereocenters. The first-order valence-corrected chi connectivity index (χ1v) is 4.49. The van der Waals surface area contributed by atoms with Crippen molar-refractivity contribution in [3.8, 4) is 0 Å². The van der Waals surface area contributed by atoms with E-state index in [0.717, 1.165) is 0 Å². The van der Waals surface area contributed by atoms with E-state index in [0.29, 0.717) is 0 Å². The Balaban J connectivity index is 4.14. The van der Waals surface area contributed by atoms with Crippen molar-refractivity contribution in [1.29, 1.82) is 5.41 Å². The maximum Gasteiger partial charge on any atom is 0.250 e. The fourth-order valence-corrected chi connectivity index (χ4v) is 1.05. The SMILES string of the molecule is CC(C)CC(=N)S(N)(=O)=O. The van der Waals surface area contributed by atoms with Gasteiger partial charge >= 0.3 is 0 Å². The third-order valence-electron chi connectivity index (χ3n) is 0.937. The maximum atomic E-state index is 10.4. The topological polar surface area (TPSA) is 84.0 Å². The maximum absolute atomic E-state index is 10.4. The van der Waals surface area contributed by atoms with E-state index in [1.165, 1.54) is 0 Å². The Morgan fingerprint density at radius 2 is 2.00 bits per heavy atom. The Labute approximate surface area is 61.0 Å². The van der Waals surface area contributed by atoms with Gasteiger partial charge in [-0.1, -0.05) is 13.8 Å². The Hall–Kier alpha value is -0.420. The van der Waals surface area contributed by atoms with Gasteiger partial charge in [0.2, 0.25) is 0 Å². The lowest BCUT2D eigenvalue weighted by Gasteiger charge is -2.02. The summed E-state index contributed by atoms with van der Waals surface area (Å²) in [4.78, 5) is 0. The van der Waals surface area contributed by atoms with Crippen LogP contribution < -0.4 is 5.14 Å². The van der Waals surface area contributed by atoms with Crippen LogP contribution in [0.15, 0.2) is 0 Å². The highest BCUT2D eigenvalue weighted by molar-refractivity contribution is 8.04. The minimum atomic E-state index is -3.71. The number of nitrogens with two attached hydrogens (primary N) is 1. The zero-order valence-corrected chi connectivity index (χ0v) is 6.90. The number of sulfonamides is 1. The first kappa shape index (κ1) is 9.58. The summed E-state index contributed by atoms with van der Waals surface area (Å²) in [5, 5.41) is 11.2. The molecule has 5 heteroatoms. The highest BCUT2D eigenvalue weighted by atomic mass is 32.2. The summed E-state index contributed by atoms with van der Waals surface area (Å²) in [5.41, 5.74) is 0. The van der Waals surface area contributed by atoms with E-state index in [9.17, 15) is 8.42 Å². The highest BCUT2D eigenvalue weighted by Crippen LogP contribution is 2.02. The highest BCUT2D eigenvalue weighted by Gasteiger charge is 2.12. The third-order valence-corrected chi connectivity index (χ3v) is 1.79. The lowest BCUT2D eigenvalue weighted by molar-refractivity contribution is 0.604. The van der Waals surface area contributed by atoms with Gasteiger partial charge in [0.1, 0.15) is 5.04 Å². The molecule has 10 heavy (non-hydrogen) atoms. The molecule has 0 amide bonds. The molecule has 0 spiro atoms. The van der Waals surface area contributed by atoms with Crippen LogP contribution in [0.2, 0.25) is 0 Å². The molecule has 3 N–H and O–H groups in total. The molecule has 0 aliphatic heterocycles. The van der Waals surface area contributed by atoms with E-state index in [1.54, 1.807) is 0 Å². The zero-order valence-electron chi connectivity index (χ0n) is 6.09. The average molecular weight is 164 g/mol. The fraction of sp³-hybridized carbons (Fsp3) is 0.800. The molecule has 0 radical (unpaired) electrons. The van der Waals surface area contributed by atoms with Gasteiger partial charge in [-0.25, -0.2) is 13.6 Å². The third kappa shape index (κ3) is 3.58. The van der Waals surface area contributed by atoms with Crippen molar-refractivity contribution in [3.05, 3.63) is 0 Å². The molecular formula is C5H12N2O2S. The predicted molar refractivity (Wildman–Crippen MR) is 40.3 cm³/mol. The molecule has 0 aromatic carbocycles. The van der Waals surface area contributed by atoms with Gasteiger partial charge in [0.25, 0.3) is 10.0 Å². The fourth-order valence-electron chi connectivity index (χ4n) is 0.487. The quantitative estimate of drug-likeness (QED) is 0.454. The molecule has 0 aromatic rings. The van der Waals surface area contributed by atoms with Crippen molar-refractivity contribution in [2.75, 3.05) is 0 Å². The van der Waals surface area contributed by atoms with Gasteiger partial charge in [-0.15, -0.1) is 0 Å². The number of hydrogen-bond acceptors (Lipinski definition) is 3. The van der Waals surface area contributed by atoms with Crippen molar-refractivity contribution in [1.82, 2.24) is 0 Å². The summed E-state index contributed by atoms with van der Waals surface area (Å²) < 4.78 is 20.8. The monoisotopic (exact) mass is 164 g/mol. The van der Waals surface area contributed by atoms with Crippen LogP contribution in [0.3, 0.4) is 0 Å². The summed E-state index contributed by atoms with van der Waals surface area (Å²) >= 11 is 0. The van der Waals surface area contributed by atoms with Crippen LogP contribution in [0, 0.1) is 11.3 Å². The van der Waals surface area contributed by atoms with Crippen LogP contribution in [0.5, 0.6) is 0 Å². The molecule has 0 heterocycles. The predicted octanol–water partition coefficient (Wildman–Crippen LogP) is 0.298. The van der Waals surface area contributed by atoms with Gasteiger partial charge in [0.05, 0.1) is 0 Å². The van der Waals surface area contributed by atoms with E-state index >= 15 is 0 Å². The van der Waals surface area contributed by atoms with Gasteiger partial charge in [0.15, 0.2) is 0 Å². The minimum Gasteiger partial charge on any atom is -0.293 e. The molecule has 0 fully saturated rings. The Kier molecular flexibility index (Phi) is 2.98. The Bertz CT molecular complexity index is 218. The van der Waals surface area contributed by atoms with Crippen molar-refractivity contribution in [2.45, 2.75) is 20.3 Å². The Morgan fingerprint density at radius 3 is 2.10 bits per heavy atom. The largest absolute Gasteiger partial charge is 0.293 e. The second kappa shape index (κ2) is 3.12. The summed E-state index contributed by atoms with van der Waals surface area (Å²) in [6.07, 6.45) is 0.221. The molecular weight excluding hydrogens is 152 g/mol. The summed E-state index contributed by atoms with van der Waals surface area (Å²) in [5.74, 6) is 0.158. The molecule has 0 saturated heterocycles. The average Bonchev–Trinajstić information content (AvgIpc) is 1.60. The van der Waals surface area contributed by atoms with Gasteiger partial charge < -0.3 is 0 Å². The van der Waals surface area contributed by atoms with Crippen LogP contribution in [-0.2, 0) is 10.0 Å². The summed E-state index contributed by atoms with van der Waals surface area (Å²) in [7, 11) is -3.71. The molecule has 0 rings (SSSR count). The van der Waals surface area contributed by atoms with Crippen LogP contribution in [0.25, 0.3) is 0 Å². The second-order valence-electron chi connectivity index (χ2n) is 2.57. The normalized spacial score (nSPS) is 12.0. The smallest absolute Gasteiger partial charge is 0.250 e. The lowest BCUT2D eigenvalue weighted by Crippen LogP contribution is -2.23. The van der Waals surface area contributed by atoms with Gasteiger partial charge in [0, 0.05) is 6.42 Å². The van der Waals surface area contributed by atoms with E-state index in [2.05, 4.69) is 5.14 Å². The Morgan fingerprint density at radius 1 is 1.60 bits per heavy atom. The van der Waals surface area contributed by atoms with Gasteiger partial charge in [-0.05, 0) is 5.92 Å². The molecule has 4 nitrogen and oxygen atoms in total. The van der Waals surface area contributed by atoms with Crippen molar-refractivity contribution in [3.63, 3.8) is 0 Å². The standard InChI is InChI=1S/C5H12N2O2S/c1-4(2)3-5(6)10(7,8)9/h4,6H,3H2,1-2H3,(H2,7,8,9). The first-order valence-electron chi connectivity index (χ1n) is 2.94. The number of rotatable bonds is 2. The number of hydrogen-bond donors (Lipinski definition) is 2. The summed E-state index contributed by atoms with van der Waals surface area (Å²) in [6.45, 7) is 3.67. The van der Waals surface area contributed by atoms with E-state index in [1.807, 2.05) is 13.8 Å². The first-order chi connectivity index (χ1) is 4.34. The van der Waals surface area contributed by atoms with Crippen LogP contribution in [0.1, 0.15) is 20.3 Å². The molecule has 0 aliphatic rings. The molecule has 0 aromatic heterocycles.